The largest absolute Gasteiger partial charge is 0.383 e. The van der Waals surface area contributed by atoms with Crippen molar-refractivity contribution in [1.29, 1.82) is 0 Å². The minimum absolute atomic E-state index is 0.0576. The number of aromatic nitrogens is 2. The highest BCUT2D eigenvalue weighted by Crippen LogP contribution is 2.13. The number of aromatic amines is 1. The molecule has 4 N–H and O–H groups in total. The van der Waals surface area contributed by atoms with Gasteiger partial charge in [-0.1, -0.05) is 0 Å². The van der Waals surface area contributed by atoms with E-state index < -0.39 is 10.0 Å². The third-order valence-corrected chi connectivity index (χ3v) is 3.88. The van der Waals surface area contributed by atoms with Gasteiger partial charge in [0.2, 0.25) is 15.9 Å². The molecule has 0 aromatic carbocycles. The number of sulfonamides is 1. The number of carbonyl (C=O) groups is 1. The first kappa shape index (κ1) is 14.5. The summed E-state index contributed by atoms with van der Waals surface area (Å²) in [5, 5.41) is 5.84. The number of amides is 1. The molecule has 102 valence electrons. The lowest BCUT2D eigenvalue weighted by molar-refractivity contribution is -0.129. The first-order valence-corrected chi connectivity index (χ1v) is 6.97. The number of carbonyl (C=O) groups excluding carboxylic acids is 1. The normalized spacial score (nSPS) is 11.4. The van der Waals surface area contributed by atoms with Crippen LogP contribution in [0.2, 0.25) is 0 Å². The Labute approximate surface area is 106 Å². The molecule has 1 heterocycles. The van der Waals surface area contributed by atoms with Gasteiger partial charge < -0.3 is 10.6 Å². The van der Waals surface area contributed by atoms with Crippen LogP contribution in [0.25, 0.3) is 0 Å². The summed E-state index contributed by atoms with van der Waals surface area (Å²) in [6.07, 6.45) is 1.10. The summed E-state index contributed by atoms with van der Waals surface area (Å²) in [5.74, 6) is -0.344. The fourth-order valence-corrected chi connectivity index (χ4v) is 2.42. The molecule has 18 heavy (non-hydrogen) atoms. The maximum Gasteiger partial charge on any atom is 0.246 e. The third-order valence-electron chi connectivity index (χ3n) is 2.45. The highest BCUT2D eigenvalue weighted by molar-refractivity contribution is 7.89. The van der Waals surface area contributed by atoms with Crippen LogP contribution in [0, 0.1) is 0 Å². The average Bonchev–Trinajstić information content (AvgIpc) is 2.75. The van der Waals surface area contributed by atoms with Crippen LogP contribution in [0.5, 0.6) is 0 Å². The van der Waals surface area contributed by atoms with Gasteiger partial charge in [0.1, 0.15) is 10.7 Å². The topological polar surface area (TPSA) is 121 Å². The molecule has 0 radical (unpaired) electrons. The molecular weight excluding hydrogens is 258 g/mol. The highest BCUT2D eigenvalue weighted by Gasteiger charge is 2.21. The van der Waals surface area contributed by atoms with Gasteiger partial charge in [0.05, 0.1) is 12.7 Å². The van der Waals surface area contributed by atoms with E-state index in [1.54, 1.807) is 0 Å². The van der Waals surface area contributed by atoms with E-state index in [0.29, 0.717) is 13.1 Å². The van der Waals surface area contributed by atoms with Gasteiger partial charge in [-0.25, -0.2) is 13.1 Å². The minimum Gasteiger partial charge on any atom is -0.383 e. The molecular formula is C9H17N5O3S. The molecule has 8 nitrogen and oxygen atoms in total. The maximum atomic E-state index is 11.8. The Morgan fingerprint density at radius 2 is 2.11 bits per heavy atom. The highest BCUT2D eigenvalue weighted by atomic mass is 32.2. The maximum absolute atomic E-state index is 11.8. The van der Waals surface area contributed by atoms with Gasteiger partial charge in [0.15, 0.2) is 0 Å². The Kier molecular flexibility index (Phi) is 4.68. The molecule has 0 aliphatic heterocycles. The number of likely N-dealkylation sites (N-methyl/N-ethyl adjacent to an activating group) is 1. The first-order valence-electron chi connectivity index (χ1n) is 5.48. The van der Waals surface area contributed by atoms with E-state index in [1.807, 2.05) is 13.8 Å². The van der Waals surface area contributed by atoms with Crippen molar-refractivity contribution in [2.75, 3.05) is 25.4 Å². The molecule has 0 atom stereocenters. The van der Waals surface area contributed by atoms with Crippen LogP contribution in [0.1, 0.15) is 13.8 Å². The zero-order valence-corrected chi connectivity index (χ0v) is 11.1. The Morgan fingerprint density at radius 1 is 1.50 bits per heavy atom. The van der Waals surface area contributed by atoms with Gasteiger partial charge in [-0.2, -0.15) is 5.10 Å². The van der Waals surface area contributed by atoms with Gasteiger partial charge >= 0.3 is 0 Å². The third kappa shape index (κ3) is 3.20. The summed E-state index contributed by atoms with van der Waals surface area (Å²) in [7, 11) is -3.81. The van der Waals surface area contributed by atoms with Crippen molar-refractivity contribution in [3.63, 3.8) is 0 Å². The van der Waals surface area contributed by atoms with Gasteiger partial charge in [-0.05, 0) is 13.8 Å². The van der Waals surface area contributed by atoms with Crippen molar-refractivity contribution in [2.45, 2.75) is 18.7 Å². The molecule has 0 saturated heterocycles. The van der Waals surface area contributed by atoms with Gasteiger partial charge in [0, 0.05) is 13.1 Å². The van der Waals surface area contributed by atoms with E-state index in [4.69, 9.17) is 5.73 Å². The second-order valence-electron chi connectivity index (χ2n) is 3.54. The molecule has 1 rings (SSSR count). The molecule has 1 amide bonds. The summed E-state index contributed by atoms with van der Waals surface area (Å²) >= 11 is 0. The average molecular weight is 275 g/mol. The number of nitrogens with two attached hydrogens (primary N) is 1. The molecule has 0 bridgehead atoms. The van der Waals surface area contributed by atoms with Crippen molar-refractivity contribution >= 4 is 21.7 Å². The van der Waals surface area contributed by atoms with Crippen LogP contribution < -0.4 is 10.5 Å². The summed E-state index contributed by atoms with van der Waals surface area (Å²) in [5.41, 5.74) is 5.41. The van der Waals surface area contributed by atoms with Crippen molar-refractivity contribution in [2.24, 2.45) is 0 Å². The molecule has 0 saturated carbocycles. The fraction of sp³-hybridized carbons (Fsp3) is 0.556. The predicted octanol–water partition coefficient (Wildman–Crippen LogP) is -0.861. The SMILES string of the molecule is CCN(CC)C(=O)CNS(=O)(=O)c1cn[nH]c1N. The zero-order chi connectivity index (χ0) is 13.8. The zero-order valence-electron chi connectivity index (χ0n) is 10.3. The number of anilines is 1. The van der Waals surface area contributed by atoms with Crippen LogP contribution in [0.4, 0.5) is 5.82 Å². The van der Waals surface area contributed by atoms with E-state index in [9.17, 15) is 13.2 Å². The predicted molar refractivity (Wildman–Crippen MR) is 66.1 cm³/mol. The molecule has 9 heteroatoms. The van der Waals surface area contributed by atoms with E-state index in [-0.39, 0.29) is 23.2 Å². The summed E-state index contributed by atoms with van der Waals surface area (Å²) < 4.78 is 25.8. The summed E-state index contributed by atoms with van der Waals surface area (Å²) in [6, 6.07) is 0. The van der Waals surface area contributed by atoms with Crippen molar-refractivity contribution in [3.05, 3.63) is 6.20 Å². The van der Waals surface area contributed by atoms with Gasteiger partial charge in [-0.15, -0.1) is 0 Å². The number of H-pyrrole nitrogens is 1. The lowest BCUT2D eigenvalue weighted by Crippen LogP contribution is -2.40. The number of hydrogen-bond donors (Lipinski definition) is 3. The molecule has 0 aliphatic carbocycles. The quantitative estimate of drug-likeness (QED) is 0.623. The Bertz CT molecular complexity index is 506. The molecule has 0 fully saturated rings. The second-order valence-corrected chi connectivity index (χ2v) is 5.27. The van der Waals surface area contributed by atoms with Gasteiger partial charge in [-0.3, -0.25) is 9.89 Å². The summed E-state index contributed by atoms with van der Waals surface area (Å²) in [6.45, 7) is 4.42. The molecule has 1 aromatic rings. The van der Waals surface area contributed by atoms with E-state index in [2.05, 4.69) is 14.9 Å². The minimum atomic E-state index is -3.81. The molecule has 0 unspecified atom stereocenters. The smallest absolute Gasteiger partial charge is 0.246 e. The lowest BCUT2D eigenvalue weighted by atomic mass is 10.4. The van der Waals surface area contributed by atoms with Gasteiger partial charge in [0.25, 0.3) is 0 Å². The van der Waals surface area contributed by atoms with Crippen molar-refractivity contribution < 1.29 is 13.2 Å². The number of nitrogen functional groups attached to an aromatic ring is 1. The standard InChI is InChI=1S/C9H17N5O3S/c1-3-14(4-2)8(15)6-12-18(16,17)7-5-11-13-9(7)10/h5,12H,3-4,6H2,1-2H3,(H3,10,11,13). The van der Waals surface area contributed by atoms with Crippen LogP contribution in [-0.4, -0.2) is 49.1 Å². The molecule has 0 aliphatic rings. The van der Waals surface area contributed by atoms with Crippen LogP contribution >= 0.6 is 0 Å². The van der Waals surface area contributed by atoms with E-state index >= 15 is 0 Å². The fourth-order valence-electron chi connectivity index (χ4n) is 1.42. The van der Waals surface area contributed by atoms with E-state index in [0.717, 1.165) is 6.20 Å². The van der Waals surface area contributed by atoms with Crippen molar-refractivity contribution in [1.82, 2.24) is 19.8 Å². The second kappa shape index (κ2) is 5.83. The molecule has 0 spiro atoms. The Hall–Kier alpha value is -1.61. The Morgan fingerprint density at radius 3 is 2.56 bits per heavy atom. The number of rotatable bonds is 6. The number of nitrogens with one attached hydrogen (secondary N) is 2. The lowest BCUT2D eigenvalue weighted by Gasteiger charge is -2.18. The number of nitrogens with zero attached hydrogens (tertiary/aromatic N) is 2. The van der Waals surface area contributed by atoms with Crippen LogP contribution in [-0.2, 0) is 14.8 Å². The molecule has 1 aromatic heterocycles. The summed E-state index contributed by atoms with van der Waals surface area (Å²) in [4.78, 5) is 13.0. The van der Waals surface area contributed by atoms with Crippen LogP contribution in [0.3, 0.4) is 0 Å². The van der Waals surface area contributed by atoms with E-state index in [1.165, 1.54) is 4.90 Å². The number of hydrogen-bond acceptors (Lipinski definition) is 5. The van der Waals surface area contributed by atoms with Crippen molar-refractivity contribution in [3.8, 4) is 0 Å². The van der Waals surface area contributed by atoms with Crippen LogP contribution in [0.15, 0.2) is 11.1 Å². The monoisotopic (exact) mass is 275 g/mol. The first-order chi connectivity index (χ1) is 8.42. The Balaban J connectivity index is 2.69.